The Morgan fingerprint density at radius 2 is 2.00 bits per heavy atom. The monoisotopic (exact) mass is 323 g/mol. The van der Waals surface area contributed by atoms with Crippen LogP contribution in [0, 0.1) is 0 Å². The first-order valence-corrected chi connectivity index (χ1v) is 6.44. The van der Waals surface area contributed by atoms with Crippen molar-refractivity contribution in [2.75, 3.05) is 0 Å². The number of halogens is 4. The predicted molar refractivity (Wildman–Crippen MR) is 65.4 cm³/mol. The van der Waals surface area contributed by atoms with Crippen LogP contribution in [0.5, 0.6) is 5.75 Å². The van der Waals surface area contributed by atoms with E-state index < -0.39 is 11.7 Å². The lowest BCUT2D eigenvalue weighted by atomic mass is 10.2. The molecule has 1 saturated carbocycles. The molecule has 0 amide bonds. The average Bonchev–Trinajstić information content (AvgIpc) is 2.65. The van der Waals surface area contributed by atoms with Gasteiger partial charge in [-0.1, -0.05) is 0 Å². The maximum Gasteiger partial charge on any atom is 0.416 e. The Morgan fingerprint density at radius 1 is 1.28 bits per heavy atom. The van der Waals surface area contributed by atoms with Gasteiger partial charge < -0.3 is 10.5 Å². The number of alkyl halides is 3. The zero-order valence-electron chi connectivity index (χ0n) is 9.51. The van der Waals surface area contributed by atoms with Crippen molar-refractivity contribution in [1.29, 1.82) is 0 Å². The van der Waals surface area contributed by atoms with Gasteiger partial charge in [0.15, 0.2) is 0 Å². The molecular weight excluding hydrogens is 311 g/mol. The maximum absolute atomic E-state index is 12.5. The maximum atomic E-state index is 12.5. The summed E-state index contributed by atoms with van der Waals surface area (Å²) in [6.45, 7) is 0. The molecule has 0 spiro atoms. The summed E-state index contributed by atoms with van der Waals surface area (Å²) in [5.74, 6) is 0.433. The summed E-state index contributed by atoms with van der Waals surface area (Å²) >= 11 is 3.11. The van der Waals surface area contributed by atoms with Gasteiger partial charge in [0, 0.05) is 6.04 Å². The molecule has 1 aromatic carbocycles. The molecule has 1 aliphatic rings. The Morgan fingerprint density at radius 3 is 2.50 bits per heavy atom. The van der Waals surface area contributed by atoms with E-state index in [2.05, 4.69) is 15.9 Å². The highest BCUT2D eigenvalue weighted by atomic mass is 79.9. The molecule has 2 rings (SSSR count). The first kappa shape index (κ1) is 13.7. The van der Waals surface area contributed by atoms with Crippen molar-refractivity contribution in [1.82, 2.24) is 0 Å². The molecular formula is C12H13BrF3NO. The van der Waals surface area contributed by atoms with Crippen LogP contribution in [-0.2, 0) is 6.18 Å². The fourth-order valence-electron chi connectivity index (χ4n) is 2.03. The number of rotatable bonds is 2. The number of hydrogen-bond acceptors (Lipinski definition) is 2. The van der Waals surface area contributed by atoms with E-state index in [1.165, 1.54) is 6.07 Å². The van der Waals surface area contributed by atoms with Gasteiger partial charge in [0.05, 0.1) is 10.0 Å². The third kappa shape index (κ3) is 3.17. The van der Waals surface area contributed by atoms with Gasteiger partial charge in [-0.05, 0) is 53.4 Å². The molecule has 1 fully saturated rings. The van der Waals surface area contributed by atoms with E-state index in [9.17, 15) is 13.2 Å². The van der Waals surface area contributed by atoms with Crippen molar-refractivity contribution in [3.63, 3.8) is 0 Å². The van der Waals surface area contributed by atoms with Gasteiger partial charge in [-0.2, -0.15) is 13.2 Å². The second kappa shape index (κ2) is 5.09. The van der Waals surface area contributed by atoms with E-state index in [1.807, 2.05) is 0 Å². The van der Waals surface area contributed by atoms with Crippen LogP contribution in [0.4, 0.5) is 13.2 Å². The summed E-state index contributed by atoms with van der Waals surface area (Å²) in [5.41, 5.74) is 5.07. The molecule has 0 heterocycles. The highest BCUT2D eigenvalue weighted by Crippen LogP contribution is 2.36. The molecule has 100 valence electrons. The molecule has 2 nitrogen and oxygen atoms in total. The van der Waals surface area contributed by atoms with E-state index in [4.69, 9.17) is 10.5 Å². The third-order valence-corrected chi connectivity index (χ3v) is 3.60. The van der Waals surface area contributed by atoms with Crippen LogP contribution in [-0.4, -0.2) is 12.1 Å². The van der Waals surface area contributed by atoms with Crippen LogP contribution in [0.15, 0.2) is 22.7 Å². The Bertz CT molecular complexity index is 436. The Kier molecular flexibility index (Phi) is 3.87. The minimum Gasteiger partial charge on any atom is -0.489 e. The Labute approximate surface area is 111 Å². The molecule has 0 bridgehead atoms. The summed E-state index contributed by atoms with van der Waals surface area (Å²) < 4.78 is 43.4. The first-order valence-electron chi connectivity index (χ1n) is 5.65. The largest absolute Gasteiger partial charge is 0.489 e. The van der Waals surface area contributed by atoms with Gasteiger partial charge in [0.1, 0.15) is 11.9 Å². The summed E-state index contributed by atoms with van der Waals surface area (Å²) in [7, 11) is 0. The van der Waals surface area contributed by atoms with Crippen LogP contribution in [0.2, 0.25) is 0 Å². The molecule has 1 aromatic rings. The summed E-state index contributed by atoms with van der Waals surface area (Å²) in [6.07, 6.45) is -1.87. The number of hydrogen-bond donors (Lipinski definition) is 1. The minimum absolute atomic E-state index is 0.00645. The van der Waals surface area contributed by atoms with E-state index in [0.717, 1.165) is 31.4 Å². The highest BCUT2D eigenvalue weighted by molar-refractivity contribution is 9.10. The van der Waals surface area contributed by atoms with E-state index in [-0.39, 0.29) is 12.1 Å². The Balaban J connectivity index is 2.10. The van der Waals surface area contributed by atoms with E-state index >= 15 is 0 Å². The molecule has 0 radical (unpaired) electrons. The van der Waals surface area contributed by atoms with Gasteiger partial charge in [0.25, 0.3) is 0 Å². The fourth-order valence-corrected chi connectivity index (χ4v) is 2.50. The number of nitrogens with two attached hydrogens (primary N) is 1. The van der Waals surface area contributed by atoms with Crippen molar-refractivity contribution < 1.29 is 17.9 Å². The highest BCUT2D eigenvalue weighted by Gasteiger charge is 2.31. The molecule has 0 aliphatic heterocycles. The number of ether oxygens (including phenoxy) is 1. The van der Waals surface area contributed by atoms with E-state index in [1.54, 1.807) is 0 Å². The van der Waals surface area contributed by atoms with Crippen LogP contribution in [0.25, 0.3) is 0 Å². The first-order chi connectivity index (χ1) is 8.36. The van der Waals surface area contributed by atoms with Gasteiger partial charge in [-0.25, -0.2) is 0 Å². The van der Waals surface area contributed by atoms with Gasteiger partial charge in [-0.15, -0.1) is 0 Å². The molecule has 1 aliphatic carbocycles. The topological polar surface area (TPSA) is 35.2 Å². The van der Waals surface area contributed by atoms with Crippen LogP contribution < -0.4 is 10.5 Å². The fraction of sp³-hybridized carbons (Fsp3) is 0.500. The van der Waals surface area contributed by atoms with Gasteiger partial charge in [-0.3, -0.25) is 0 Å². The van der Waals surface area contributed by atoms with Crippen LogP contribution >= 0.6 is 15.9 Å². The van der Waals surface area contributed by atoms with E-state index in [0.29, 0.717) is 10.2 Å². The predicted octanol–water partition coefficient (Wildman–Crippen LogP) is 3.73. The lowest BCUT2D eigenvalue weighted by Crippen LogP contribution is -2.19. The Hall–Kier alpha value is -0.750. The normalized spacial score (nSPS) is 24.3. The zero-order chi connectivity index (χ0) is 13.3. The summed E-state index contributed by atoms with van der Waals surface area (Å²) in [5, 5.41) is 0. The van der Waals surface area contributed by atoms with Crippen molar-refractivity contribution >= 4 is 15.9 Å². The van der Waals surface area contributed by atoms with Crippen LogP contribution in [0.3, 0.4) is 0 Å². The molecule has 2 N–H and O–H groups in total. The molecule has 2 atom stereocenters. The average molecular weight is 324 g/mol. The van der Waals surface area contributed by atoms with Gasteiger partial charge in [0.2, 0.25) is 0 Å². The molecule has 0 saturated heterocycles. The van der Waals surface area contributed by atoms with Crippen molar-refractivity contribution in [2.24, 2.45) is 5.73 Å². The standard InChI is InChI=1S/C12H13BrF3NO/c13-10-5-7(12(14,15)16)1-4-11(10)18-9-3-2-8(17)6-9/h1,4-5,8-9H,2-3,6,17H2. The smallest absolute Gasteiger partial charge is 0.416 e. The lowest BCUT2D eigenvalue weighted by molar-refractivity contribution is -0.137. The van der Waals surface area contributed by atoms with Crippen molar-refractivity contribution in [3.05, 3.63) is 28.2 Å². The van der Waals surface area contributed by atoms with Gasteiger partial charge >= 0.3 is 6.18 Å². The second-order valence-electron chi connectivity index (χ2n) is 4.46. The summed E-state index contributed by atoms with van der Waals surface area (Å²) in [4.78, 5) is 0. The third-order valence-electron chi connectivity index (χ3n) is 2.98. The zero-order valence-corrected chi connectivity index (χ0v) is 11.1. The summed E-state index contributed by atoms with van der Waals surface area (Å²) in [6, 6.07) is 3.53. The SMILES string of the molecule is NC1CCC(Oc2ccc(C(F)(F)F)cc2Br)C1. The number of benzene rings is 1. The molecule has 0 aromatic heterocycles. The molecule has 2 unspecified atom stereocenters. The second-order valence-corrected chi connectivity index (χ2v) is 5.31. The lowest BCUT2D eigenvalue weighted by Gasteiger charge is -2.16. The van der Waals surface area contributed by atoms with Crippen LogP contribution in [0.1, 0.15) is 24.8 Å². The van der Waals surface area contributed by atoms with Crippen molar-refractivity contribution in [2.45, 2.75) is 37.6 Å². The quantitative estimate of drug-likeness (QED) is 0.900. The molecule has 18 heavy (non-hydrogen) atoms. The van der Waals surface area contributed by atoms with Crippen molar-refractivity contribution in [3.8, 4) is 5.75 Å². The molecule has 6 heteroatoms. The minimum atomic E-state index is -4.34.